The van der Waals surface area contributed by atoms with Crippen molar-refractivity contribution in [3.63, 3.8) is 0 Å². The minimum atomic E-state index is -1.43. The lowest BCUT2D eigenvalue weighted by atomic mass is 9.92. The molecule has 1 aromatic heterocycles. The Bertz CT molecular complexity index is 1660. The lowest BCUT2D eigenvalue weighted by Crippen LogP contribution is -2.56. The summed E-state index contributed by atoms with van der Waals surface area (Å²) in [5, 5.41) is 17.5. The van der Waals surface area contributed by atoms with Crippen LogP contribution in [-0.4, -0.2) is 91.2 Å². The van der Waals surface area contributed by atoms with Crippen LogP contribution < -0.4 is 5.32 Å². The van der Waals surface area contributed by atoms with Gasteiger partial charge in [0.2, 0.25) is 11.8 Å². The maximum absolute atomic E-state index is 14.4. The molecule has 3 fully saturated rings. The Morgan fingerprint density at radius 2 is 1.88 bits per heavy atom. The summed E-state index contributed by atoms with van der Waals surface area (Å²) in [7, 11) is 1.83. The second kappa shape index (κ2) is 13.4. The van der Waals surface area contributed by atoms with Crippen LogP contribution in [0.5, 0.6) is 0 Å². The van der Waals surface area contributed by atoms with Crippen LogP contribution in [0.1, 0.15) is 76.1 Å². The van der Waals surface area contributed by atoms with Gasteiger partial charge in [-0.05, 0) is 64.7 Å². The summed E-state index contributed by atoms with van der Waals surface area (Å²) in [6.07, 6.45) is 9.55. The fraction of sp³-hybridized carbons (Fsp3) is 0.568. The average molecular weight is 674 g/mol. The van der Waals surface area contributed by atoms with Gasteiger partial charge in [0.05, 0.1) is 12.1 Å². The molecule has 4 heterocycles. The fourth-order valence-electron chi connectivity index (χ4n) is 7.82. The lowest BCUT2D eigenvalue weighted by Gasteiger charge is -2.32. The third kappa shape index (κ3) is 7.28. The monoisotopic (exact) mass is 673 g/mol. The number of hydrogen-bond acceptors (Lipinski definition) is 7. The molecule has 12 nitrogen and oxygen atoms in total. The molecule has 0 bridgehead atoms. The van der Waals surface area contributed by atoms with Gasteiger partial charge in [0.25, 0.3) is 5.91 Å². The number of nitrogens with zero attached hydrogens (tertiary/aromatic N) is 4. The summed E-state index contributed by atoms with van der Waals surface area (Å²) in [5.74, 6) is -4.20. The normalized spacial score (nSPS) is 29.5. The standard InChI is InChI=1S/C37H47N5O7/c1-36(2,3)49-30(43)18-25-11-8-6-5-7-9-14-27-19-37(27,35(47)48)38-32(44)31-28-22-41(20-26(28)21-42(31)34(25)46)33(45)24-13-10-12-23(17-24)29-15-16-40(4)39-29/h9-10,12-17,25-28,31H,5-8,11,18-22H2,1-4H3,(H,38,44)(H,47,48)/b14-9-/t25-,26-,27+,28-,31-,37+/m0/s1. The first kappa shape index (κ1) is 34.4. The van der Waals surface area contributed by atoms with Gasteiger partial charge in [-0.2, -0.15) is 5.10 Å². The summed E-state index contributed by atoms with van der Waals surface area (Å²) in [5.41, 5.74) is -0.0860. The van der Waals surface area contributed by atoms with Gasteiger partial charge in [-0.3, -0.25) is 23.9 Å². The van der Waals surface area contributed by atoms with Crippen LogP contribution in [0.2, 0.25) is 0 Å². The number of amides is 3. The van der Waals surface area contributed by atoms with E-state index in [1.165, 1.54) is 0 Å². The molecule has 1 saturated carbocycles. The number of allylic oxidation sites excluding steroid dienone is 1. The molecular formula is C37H47N5O7. The molecular weight excluding hydrogens is 626 g/mol. The number of nitrogens with one attached hydrogen (secondary N) is 1. The van der Waals surface area contributed by atoms with Gasteiger partial charge in [-0.25, -0.2) is 4.79 Å². The van der Waals surface area contributed by atoms with Crippen molar-refractivity contribution in [2.24, 2.45) is 30.7 Å². The molecule has 0 spiro atoms. The van der Waals surface area contributed by atoms with E-state index in [0.29, 0.717) is 18.5 Å². The number of aryl methyl sites for hydroxylation is 1. The van der Waals surface area contributed by atoms with Crippen molar-refractivity contribution in [2.75, 3.05) is 19.6 Å². The molecule has 2 aromatic rings. The topological polar surface area (TPSA) is 151 Å². The number of aromatic nitrogens is 2. The Morgan fingerprint density at radius 3 is 2.59 bits per heavy atom. The second-order valence-corrected chi connectivity index (χ2v) is 15.2. The molecule has 3 amide bonds. The van der Waals surface area contributed by atoms with Crippen LogP contribution in [0.15, 0.2) is 48.7 Å². The van der Waals surface area contributed by atoms with Gasteiger partial charge in [0.15, 0.2) is 0 Å². The molecule has 0 radical (unpaired) electrons. The summed E-state index contributed by atoms with van der Waals surface area (Å²) in [4.78, 5) is 71.3. The molecule has 2 saturated heterocycles. The molecule has 3 aliphatic heterocycles. The van der Waals surface area contributed by atoms with Crippen LogP contribution in [0.3, 0.4) is 0 Å². The smallest absolute Gasteiger partial charge is 0.330 e. The van der Waals surface area contributed by atoms with Crippen molar-refractivity contribution >= 4 is 29.7 Å². The van der Waals surface area contributed by atoms with E-state index in [9.17, 15) is 29.1 Å². The van der Waals surface area contributed by atoms with Crippen molar-refractivity contribution in [3.05, 3.63) is 54.2 Å². The number of carbonyl (C=O) groups excluding carboxylic acids is 4. The Labute approximate surface area is 286 Å². The zero-order valence-corrected chi connectivity index (χ0v) is 28.8. The van der Waals surface area contributed by atoms with Crippen molar-refractivity contribution in [1.29, 1.82) is 0 Å². The van der Waals surface area contributed by atoms with Gasteiger partial charge in [-0.1, -0.05) is 37.1 Å². The van der Waals surface area contributed by atoms with Gasteiger partial charge in [-0.15, -0.1) is 0 Å². The van der Waals surface area contributed by atoms with Crippen LogP contribution >= 0.6 is 0 Å². The second-order valence-electron chi connectivity index (χ2n) is 15.2. The predicted octanol–water partition coefficient (Wildman–Crippen LogP) is 3.81. The first-order valence-electron chi connectivity index (χ1n) is 17.4. The molecule has 1 aliphatic carbocycles. The van der Waals surface area contributed by atoms with Gasteiger partial charge in [0, 0.05) is 67.7 Å². The van der Waals surface area contributed by atoms with E-state index in [1.807, 2.05) is 49.7 Å². The number of carbonyl (C=O) groups is 5. The van der Waals surface area contributed by atoms with Crippen molar-refractivity contribution in [1.82, 2.24) is 24.9 Å². The minimum Gasteiger partial charge on any atom is -0.479 e. The summed E-state index contributed by atoms with van der Waals surface area (Å²) < 4.78 is 7.29. The van der Waals surface area contributed by atoms with Crippen LogP contribution in [-0.2, 0) is 31.0 Å². The summed E-state index contributed by atoms with van der Waals surface area (Å²) >= 11 is 0. The van der Waals surface area contributed by atoms with E-state index in [0.717, 1.165) is 36.9 Å². The molecule has 6 rings (SSSR count). The molecule has 12 heteroatoms. The number of esters is 1. The Kier molecular flexibility index (Phi) is 9.43. The predicted molar refractivity (Wildman–Crippen MR) is 180 cm³/mol. The number of likely N-dealkylation sites (tertiary alicyclic amines) is 1. The van der Waals surface area contributed by atoms with Crippen molar-refractivity contribution in [2.45, 2.75) is 82.9 Å². The van der Waals surface area contributed by atoms with Crippen LogP contribution in [0.25, 0.3) is 11.3 Å². The van der Waals surface area contributed by atoms with E-state index in [1.54, 1.807) is 41.3 Å². The molecule has 2 N–H and O–H groups in total. The van der Waals surface area contributed by atoms with E-state index in [4.69, 9.17) is 4.74 Å². The quantitative estimate of drug-likeness (QED) is 0.359. The molecule has 1 aromatic carbocycles. The van der Waals surface area contributed by atoms with Gasteiger partial charge < -0.3 is 25.0 Å². The maximum atomic E-state index is 14.4. The Balaban J connectivity index is 1.27. The van der Waals surface area contributed by atoms with Crippen LogP contribution in [0.4, 0.5) is 0 Å². The molecule has 4 aliphatic rings. The minimum absolute atomic E-state index is 0.103. The highest BCUT2D eigenvalue weighted by molar-refractivity contribution is 5.97. The van der Waals surface area contributed by atoms with E-state index < -0.39 is 46.9 Å². The number of rotatable bonds is 5. The van der Waals surface area contributed by atoms with Gasteiger partial charge in [0.1, 0.15) is 17.2 Å². The van der Waals surface area contributed by atoms with Crippen molar-refractivity contribution in [3.8, 4) is 11.3 Å². The molecule has 0 unspecified atom stereocenters. The first-order valence-corrected chi connectivity index (χ1v) is 17.4. The third-order valence-corrected chi connectivity index (χ3v) is 10.3. The molecule has 49 heavy (non-hydrogen) atoms. The summed E-state index contributed by atoms with van der Waals surface area (Å²) in [6.45, 7) is 6.15. The van der Waals surface area contributed by atoms with Crippen molar-refractivity contribution < 1.29 is 33.8 Å². The number of carboxylic acid groups (broad SMARTS) is 1. The van der Waals surface area contributed by atoms with E-state index in [-0.39, 0.29) is 49.6 Å². The van der Waals surface area contributed by atoms with E-state index in [2.05, 4.69) is 10.4 Å². The molecule has 6 atom stereocenters. The Hall–Kier alpha value is -4.48. The highest BCUT2D eigenvalue weighted by atomic mass is 16.6. The first-order chi connectivity index (χ1) is 23.3. The summed E-state index contributed by atoms with van der Waals surface area (Å²) in [6, 6.07) is 8.18. The number of benzene rings is 1. The number of fused-ring (bicyclic) bond motifs is 4. The number of carboxylic acids is 1. The number of ether oxygens (including phenoxy) is 1. The zero-order chi connectivity index (χ0) is 35.1. The zero-order valence-electron chi connectivity index (χ0n) is 28.8. The highest BCUT2D eigenvalue weighted by Crippen LogP contribution is 2.46. The highest BCUT2D eigenvalue weighted by Gasteiger charge is 2.62. The van der Waals surface area contributed by atoms with Crippen LogP contribution in [0, 0.1) is 23.7 Å². The molecule has 262 valence electrons. The maximum Gasteiger partial charge on any atom is 0.330 e. The third-order valence-electron chi connectivity index (χ3n) is 10.3. The fourth-order valence-corrected chi connectivity index (χ4v) is 7.82. The van der Waals surface area contributed by atoms with E-state index >= 15 is 0 Å². The number of aliphatic carboxylic acids is 1. The van der Waals surface area contributed by atoms with Gasteiger partial charge >= 0.3 is 11.9 Å². The average Bonchev–Trinajstić information content (AvgIpc) is 3.31. The SMILES string of the molecule is Cn1ccc(-c2cccc(C(=O)N3C[C@H]4CN5C(=O)[C@H](CC(=O)OC(C)(C)C)CCCCC/C=C\[C@@H]6C[C@@]6(C(=O)O)NC(=O)[C@@H]5[C@H]4C3)c2)n1. The lowest BCUT2D eigenvalue weighted by molar-refractivity contribution is -0.159. The number of hydrogen-bond donors (Lipinski definition) is 2. The largest absolute Gasteiger partial charge is 0.479 e. The Morgan fingerprint density at radius 1 is 1.08 bits per heavy atom.